The molecule has 3 amide bonds. The Labute approximate surface area is 354 Å². The van der Waals surface area contributed by atoms with Crippen LogP contribution in [-0.2, 0) is 25.6 Å². The Morgan fingerprint density at radius 2 is 1.69 bits per heavy atom. The van der Waals surface area contributed by atoms with Crippen LogP contribution in [0.5, 0.6) is 5.75 Å². The van der Waals surface area contributed by atoms with E-state index in [0.29, 0.717) is 25.4 Å². The Morgan fingerprint density at radius 3 is 2.43 bits per heavy atom. The summed E-state index contributed by atoms with van der Waals surface area (Å²) in [6, 6.07) is 12.8. The molecular weight excluding hydrogens is 781 g/mol. The normalized spacial score (nSPS) is 22.0. The molecule has 2 unspecified atom stereocenters. The predicted molar refractivity (Wildman–Crippen MR) is 228 cm³/mol. The molecule has 324 valence electrons. The number of carbonyl (C=O) groups excluding carboxylic acids is 3. The van der Waals surface area contributed by atoms with Crippen LogP contribution in [0.3, 0.4) is 0 Å². The number of alkyl carbamates (subject to hydrolysis) is 2. The van der Waals surface area contributed by atoms with E-state index in [1.165, 1.54) is 21.3 Å². The van der Waals surface area contributed by atoms with E-state index in [4.69, 9.17) is 28.9 Å². The van der Waals surface area contributed by atoms with Gasteiger partial charge in [0.25, 0.3) is 0 Å². The van der Waals surface area contributed by atoms with Gasteiger partial charge in [-0.2, -0.15) is 0 Å². The monoisotopic (exact) mass is 836 g/mol. The lowest BCUT2D eigenvalue weighted by Gasteiger charge is -2.38. The summed E-state index contributed by atoms with van der Waals surface area (Å²) in [4.78, 5) is 59.1. The fourth-order valence-electron chi connectivity index (χ4n) is 9.41. The Bertz CT molecular complexity index is 2450. The molecule has 0 radical (unpaired) electrons. The molecule has 8 atom stereocenters. The van der Waals surface area contributed by atoms with Crippen molar-refractivity contribution in [2.45, 2.75) is 103 Å². The second-order valence-electron chi connectivity index (χ2n) is 17.1. The number of imidazole rings is 2. The third-order valence-electron chi connectivity index (χ3n) is 12.8. The number of methoxy groups -OCH3 is 3. The standard InChI is InChI=1S/C45H56N8O8/c1-22(2)37(50-44(56)59-7)43(55)53-24(4)9-14-34(53)40-46-19-33(48-40)27-10-12-29-28(16-27)21-61-36-18-30-26(17-31(29)36)11-13-32-39(30)49-41(47-32)35-15-23(3)20-52(35)42(54)38(25(5)58-6)51-45(57)60-8/h10-13,16-19,22-25,34-35,37-38,43,55H,9,14-15,20-21H2,1-8H3,(H,46,48)(H,47,49)(H,50,56)(H,51,57)/t23-,24-,25-,34?,35+,37-,38-,43?/m0/s1. The summed E-state index contributed by atoms with van der Waals surface area (Å²) in [6.07, 6.45) is 1.45. The van der Waals surface area contributed by atoms with Crippen LogP contribution >= 0.6 is 0 Å². The number of aliphatic hydroxyl groups is 1. The number of H-pyrrole nitrogens is 2. The van der Waals surface area contributed by atoms with Crippen molar-refractivity contribution >= 4 is 39.9 Å². The number of aliphatic hydroxyl groups excluding tert-OH is 1. The lowest BCUT2D eigenvalue weighted by atomic mass is 9.92. The van der Waals surface area contributed by atoms with E-state index in [9.17, 15) is 19.5 Å². The first-order chi connectivity index (χ1) is 29.3. The van der Waals surface area contributed by atoms with E-state index in [1.807, 2.05) is 31.0 Å². The summed E-state index contributed by atoms with van der Waals surface area (Å²) >= 11 is 0. The van der Waals surface area contributed by atoms with Gasteiger partial charge in [-0.25, -0.2) is 19.6 Å². The number of ether oxygens (including phenoxy) is 4. The van der Waals surface area contributed by atoms with Crippen LogP contribution in [0.4, 0.5) is 9.59 Å². The molecule has 5 heterocycles. The average Bonchev–Trinajstić information content (AvgIpc) is 4.08. The zero-order valence-corrected chi connectivity index (χ0v) is 35.9. The maximum atomic E-state index is 14.0. The van der Waals surface area contributed by atoms with Gasteiger partial charge in [0.15, 0.2) is 0 Å². The Morgan fingerprint density at radius 1 is 0.918 bits per heavy atom. The number of likely N-dealkylation sites (tertiary alicyclic amines) is 2. The molecule has 16 nitrogen and oxygen atoms in total. The molecule has 16 heteroatoms. The second kappa shape index (κ2) is 17.0. The highest BCUT2D eigenvalue weighted by molar-refractivity contribution is 6.07. The van der Waals surface area contributed by atoms with Gasteiger partial charge in [-0.3, -0.25) is 9.69 Å². The molecule has 5 aromatic rings. The lowest BCUT2D eigenvalue weighted by Crippen LogP contribution is -2.55. The van der Waals surface area contributed by atoms with Gasteiger partial charge < -0.3 is 49.6 Å². The Hall–Kier alpha value is -5.71. The van der Waals surface area contributed by atoms with Crippen molar-refractivity contribution in [3.8, 4) is 28.1 Å². The highest BCUT2D eigenvalue weighted by atomic mass is 16.5. The highest BCUT2D eigenvalue weighted by Crippen LogP contribution is 2.44. The number of nitrogens with one attached hydrogen (secondary N) is 4. The molecule has 8 rings (SSSR count). The summed E-state index contributed by atoms with van der Waals surface area (Å²) in [7, 11) is 4.09. The zero-order chi connectivity index (χ0) is 43.3. The van der Waals surface area contributed by atoms with Gasteiger partial charge in [-0.1, -0.05) is 39.0 Å². The molecule has 5 N–H and O–H groups in total. The number of rotatable bonds is 11. The highest BCUT2D eigenvalue weighted by Gasteiger charge is 2.43. The minimum absolute atomic E-state index is 0.0328. The van der Waals surface area contributed by atoms with Gasteiger partial charge in [0.1, 0.15) is 36.3 Å². The van der Waals surface area contributed by atoms with Crippen LogP contribution < -0.4 is 15.4 Å². The first kappa shape index (κ1) is 42.0. The van der Waals surface area contributed by atoms with Gasteiger partial charge in [0.2, 0.25) is 5.91 Å². The van der Waals surface area contributed by atoms with Crippen LogP contribution in [0.1, 0.15) is 83.2 Å². The molecule has 2 aromatic heterocycles. The fraction of sp³-hybridized carbons (Fsp3) is 0.489. The Kier molecular flexibility index (Phi) is 11.7. The molecule has 3 aromatic carbocycles. The molecule has 3 aliphatic rings. The van der Waals surface area contributed by atoms with Crippen molar-refractivity contribution in [3.63, 3.8) is 0 Å². The van der Waals surface area contributed by atoms with Crippen LogP contribution in [0, 0.1) is 11.8 Å². The summed E-state index contributed by atoms with van der Waals surface area (Å²) in [5.74, 6) is 2.14. The summed E-state index contributed by atoms with van der Waals surface area (Å²) in [5, 5.41) is 19.0. The van der Waals surface area contributed by atoms with Gasteiger partial charge in [0.05, 0.1) is 61.4 Å². The van der Waals surface area contributed by atoms with Gasteiger partial charge in [-0.15, -0.1) is 0 Å². The number of nitrogens with zero attached hydrogens (tertiary/aromatic N) is 4. The SMILES string of the molecule is COC(=O)N[C@@H](C(C)C)C(O)N1C(c2ncc(-c3ccc4c(c3)COc3cc5c(ccc6[nH]c([C@H]7C[C@H](C)CN7C(=O)[C@@H](NC(=O)OC)[C@H](C)OC)nc65)cc3-4)[nH]2)CC[C@@H]1C. The van der Waals surface area contributed by atoms with Crippen molar-refractivity contribution in [2.24, 2.45) is 11.8 Å². The molecule has 61 heavy (non-hydrogen) atoms. The number of hydrogen-bond acceptors (Lipinski definition) is 11. The predicted octanol–water partition coefficient (Wildman–Crippen LogP) is 6.56. The number of fused-ring (bicyclic) bond motifs is 6. The van der Waals surface area contributed by atoms with E-state index >= 15 is 0 Å². The van der Waals surface area contributed by atoms with Gasteiger partial charge in [-0.05, 0) is 91.3 Å². The lowest BCUT2D eigenvalue weighted by molar-refractivity contribution is -0.137. The topological polar surface area (TPSA) is 196 Å². The van der Waals surface area contributed by atoms with Crippen molar-refractivity contribution in [3.05, 3.63) is 65.9 Å². The minimum Gasteiger partial charge on any atom is -0.488 e. The molecule has 0 spiro atoms. The zero-order valence-electron chi connectivity index (χ0n) is 35.9. The molecule has 3 aliphatic heterocycles. The quantitative estimate of drug-likeness (QED) is 0.0967. The minimum atomic E-state index is -0.933. The second-order valence-corrected chi connectivity index (χ2v) is 17.1. The molecule has 0 bridgehead atoms. The molecule has 0 aliphatic carbocycles. The van der Waals surface area contributed by atoms with Gasteiger partial charge in [0, 0.05) is 30.6 Å². The third-order valence-corrected chi connectivity index (χ3v) is 12.8. The van der Waals surface area contributed by atoms with Crippen LogP contribution in [0.15, 0.2) is 48.7 Å². The average molecular weight is 837 g/mol. The number of hydrogen-bond donors (Lipinski definition) is 5. The summed E-state index contributed by atoms with van der Waals surface area (Å²) in [5.41, 5.74) is 6.60. The number of amides is 3. The van der Waals surface area contributed by atoms with Crippen LogP contribution in [0.2, 0.25) is 0 Å². The van der Waals surface area contributed by atoms with Crippen LogP contribution in [-0.4, -0.2) is 111 Å². The van der Waals surface area contributed by atoms with Crippen molar-refractivity contribution in [1.82, 2.24) is 40.4 Å². The smallest absolute Gasteiger partial charge is 0.407 e. The maximum absolute atomic E-state index is 14.0. The first-order valence-electron chi connectivity index (χ1n) is 21.1. The van der Waals surface area contributed by atoms with Crippen molar-refractivity contribution < 1.29 is 38.4 Å². The molecular formula is C45H56N8O8. The van der Waals surface area contributed by atoms with E-state index in [2.05, 4.69) is 70.8 Å². The molecule has 0 saturated carbocycles. The van der Waals surface area contributed by atoms with Crippen LogP contribution in [0.25, 0.3) is 44.2 Å². The van der Waals surface area contributed by atoms with Gasteiger partial charge >= 0.3 is 12.2 Å². The Balaban J connectivity index is 1.04. The number of aromatic nitrogens is 4. The maximum Gasteiger partial charge on any atom is 0.407 e. The van der Waals surface area contributed by atoms with E-state index < -0.39 is 36.6 Å². The largest absolute Gasteiger partial charge is 0.488 e. The van der Waals surface area contributed by atoms with E-state index in [-0.39, 0.29) is 35.9 Å². The summed E-state index contributed by atoms with van der Waals surface area (Å²) in [6.45, 7) is 10.8. The number of benzene rings is 3. The number of carbonyl (C=O) groups is 3. The first-order valence-corrected chi connectivity index (χ1v) is 21.1. The fourth-order valence-corrected chi connectivity index (χ4v) is 9.41. The molecule has 2 fully saturated rings. The van der Waals surface area contributed by atoms with E-state index in [1.54, 1.807) is 11.8 Å². The number of aromatic amines is 2. The summed E-state index contributed by atoms with van der Waals surface area (Å²) < 4.78 is 21.6. The van der Waals surface area contributed by atoms with Crippen molar-refractivity contribution in [1.29, 1.82) is 0 Å². The third kappa shape index (κ3) is 7.88. The van der Waals surface area contributed by atoms with E-state index in [0.717, 1.165) is 74.2 Å². The van der Waals surface area contributed by atoms with Crippen molar-refractivity contribution in [2.75, 3.05) is 27.9 Å². The molecule has 2 saturated heterocycles.